The molecule has 0 aliphatic carbocycles. The van der Waals surface area contributed by atoms with Crippen molar-refractivity contribution < 1.29 is 14.3 Å². The number of nitrogens with zero attached hydrogens (tertiary/aromatic N) is 3. The average molecular weight is 415 g/mol. The van der Waals surface area contributed by atoms with Crippen LogP contribution >= 0.6 is 11.6 Å². The van der Waals surface area contributed by atoms with Crippen molar-refractivity contribution >= 4 is 29.1 Å². The first kappa shape index (κ1) is 20.2. The van der Waals surface area contributed by atoms with E-state index < -0.39 is 11.8 Å². The molecular weight excluding hydrogens is 396 g/mol. The molecule has 1 heterocycles. The van der Waals surface area contributed by atoms with Gasteiger partial charge in [-0.1, -0.05) is 23.7 Å². The molecule has 0 aliphatic heterocycles. The minimum absolute atomic E-state index is 0.0346. The van der Waals surface area contributed by atoms with Crippen LogP contribution in [-0.2, 0) is 4.79 Å². The number of rotatable bonds is 6. The van der Waals surface area contributed by atoms with Gasteiger partial charge in [-0.25, -0.2) is 9.67 Å². The van der Waals surface area contributed by atoms with Crippen molar-refractivity contribution in [2.24, 2.45) is 0 Å². The highest BCUT2D eigenvalue weighted by atomic mass is 35.5. The van der Waals surface area contributed by atoms with E-state index in [1.807, 2.05) is 0 Å². The maximum Gasteiger partial charge on any atom is 0.309 e. The fourth-order valence-corrected chi connectivity index (χ4v) is 2.67. The van der Waals surface area contributed by atoms with Gasteiger partial charge in [0.05, 0.1) is 24.4 Å². The van der Waals surface area contributed by atoms with E-state index in [4.69, 9.17) is 16.3 Å². The zero-order valence-corrected chi connectivity index (χ0v) is 16.5. The smallest absolute Gasteiger partial charge is 0.309 e. The molecule has 3 N–H and O–H groups in total. The van der Waals surface area contributed by atoms with Gasteiger partial charge >= 0.3 is 5.91 Å². The van der Waals surface area contributed by atoms with E-state index in [-0.39, 0.29) is 12.4 Å². The Bertz CT molecular complexity index is 1020. The second-order valence-electron chi connectivity index (χ2n) is 5.93. The molecule has 29 heavy (non-hydrogen) atoms. The number of ether oxygens (including phenoxy) is 1. The summed E-state index contributed by atoms with van der Waals surface area (Å²) in [7, 11) is 1.58. The summed E-state index contributed by atoms with van der Waals surface area (Å²) >= 11 is 6.16. The number of halogens is 1. The molecule has 10 heteroatoms. The van der Waals surface area contributed by atoms with Crippen LogP contribution in [0.15, 0.2) is 48.5 Å². The van der Waals surface area contributed by atoms with Crippen molar-refractivity contribution in [3.63, 3.8) is 0 Å². The van der Waals surface area contributed by atoms with Crippen molar-refractivity contribution in [2.45, 2.75) is 6.92 Å². The van der Waals surface area contributed by atoms with Gasteiger partial charge in [0.1, 0.15) is 11.6 Å². The van der Waals surface area contributed by atoms with Crippen molar-refractivity contribution in [1.29, 1.82) is 0 Å². The predicted molar refractivity (Wildman–Crippen MR) is 108 cm³/mol. The van der Waals surface area contributed by atoms with Crippen LogP contribution in [0, 0.1) is 6.92 Å². The van der Waals surface area contributed by atoms with E-state index >= 15 is 0 Å². The second-order valence-corrected chi connectivity index (χ2v) is 6.34. The number of hydrazine groups is 1. The van der Waals surface area contributed by atoms with Crippen LogP contribution in [-0.4, -0.2) is 40.2 Å². The van der Waals surface area contributed by atoms with E-state index in [9.17, 15) is 9.59 Å². The molecule has 0 atom stereocenters. The van der Waals surface area contributed by atoms with Crippen LogP contribution in [0.5, 0.6) is 5.75 Å². The first-order chi connectivity index (χ1) is 14.0. The Balaban J connectivity index is 1.54. The van der Waals surface area contributed by atoms with E-state index in [1.165, 1.54) is 4.68 Å². The molecule has 0 saturated heterocycles. The van der Waals surface area contributed by atoms with Crippen LogP contribution in [0.2, 0.25) is 5.02 Å². The molecular formula is C19H19ClN6O3. The fourth-order valence-electron chi connectivity index (χ4n) is 2.46. The minimum atomic E-state index is -0.642. The number of carbonyl (C=O) groups is 2. The first-order valence-electron chi connectivity index (χ1n) is 8.63. The second kappa shape index (κ2) is 9.07. The molecule has 3 aromatic rings. The summed E-state index contributed by atoms with van der Waals surface area (Å²) in [6, 6.07) is 14.2. The molecule has 2 amide bonds. The molecule has 150 valence electrons. The Kier molecular flexibility index (Phi) is 6.30. The molecule has 9 nitrogen and oxygen atoms in total. The van der Waals surface area contributed by atoms with Gasteiger partial charge in [-0.3, -0.25) is 20.4 Å². The van der Waals surface area contributed by atoms with Crippen molar-refractivity contribution in [1.82, 2.24) is 25.6 Å². The average Bonchev–Trinajstić information content (AvgIpc) is 3.12. The molecule has 0 aliphatic rings. The molecule has 0 bridgehead atoms. The molecule has 1 aromatic heterocycles. The summed E-state index contributed by atoms with van der Waals surface area (Å²) < 4.78 is 6.53. The summed E-state index contributed by atoms with van der Waals surface area (Å²) in [6.45, 7) is 1.66. The summed E-state index contributed by atoms with van der Waals surface area (Å²) in [5.74, 6) is 0.0287. The monoisotopic (exact) mass is 414 g/mol. The quantitative estimate of drug-likeness (QED) is 0.533. The summed E-state index contributed by atoms with van der Waals surface area (Å²) in [4.78, 5) is 28.3. The third-order valence-corrected chi connectivity index (χ3v) is 4.23. The first-order valence-corrected chi connectivity index (χ1v) is 9.01. The maximum absolute atomic E-state index is 12.2. The lowest BCUT2D eigenvalue weighted by Gasteiger charge is -2.08. The Hall–Kier alpha value is -3.59. The molecule has 0 spiro atoms. The highest BCUT2D eigenvalue weighted by molar-refractivity contribution is 6.32. The van der Waals surface area contributed by atoms with Gasteiger partial charge in [-0.05, 0) is 43.3 Å². The number of nitrogens with one attached hydrogen (secondary N) is 3. The lowest BCUT2D eigenvalue weighted by molar-refractivity contribution is -0.120. The minimum Gasteiger partial charge on any atom is -0.497 e. The molecule has 0 fully saturated rings. The number of para-hydroxylation sites is 1. The number of anilines is 1. The van der Waals surface area contributed by atoms with Crippen LogP contribution in [0.3, 0.4) is 0 Å². The molecule has 3 rings (SSSR count). The molecule has 2 aromatic carbocycles. The molecule has 0 radical (unpaired) electrons. The van der Waals surface area contributed by atoms with Gasteiger partial charge in [-0.15, -0.1) is 5.10 Å². The summed E-state index contributed by atoms with van der Waals surface area (Å²) in [5.41, 5.74) is 5.94. The zero-order valence-electron chi connectivity index (χ0n) is 15.8. The topological polar surface area (TPSA) is 110 Å². The predicted octanol–water partition coefficient (Wildman–Crippen LogP) is 2.11. The number of hydrogen-bond acceptors (Lipinski definition) is 6. The van der Waals surface area contributed by atoms with E-state index in [0.29, 0.717) is 22.3 Å². The van der Waals surface area contributed by atoms with Crippen molar-refractivity contribution in [3.05, 3.63) is 65.2 Å². The van der Waals surface area contributed by atoms with Gasteiger partial charge in [-0.2, -0.15) is 0 Å². The maximum atomic E-state index is 12.2. The van der Waals surface area contributed by atoms with Gasteiger partial charge in [0.2, 0.25) is 5.82 Å². The van der Waals surface area contributed by atoms with Gasteiger partial charge in [0, 0.05) is 5.69 Å². The Labute approximate surface area is 172 Å². The van der Waals surface area contributed by atoms with Gasteiger partial charge in [0.15, 0.2) is 0 Å². The Morgan fingerprint density at radius 1 is 1.10 bits per heavy atom. The SMILES string of the molecule is COc1ccc(NCC(=O)NNC(=O)c2nc(C)n(-c3ccccc3Cl)n2)cc1. The summed E-state index contributed by atoms with van der Waals surface area (Å²) in [6.07, 6.45) is 0. The summed E-state index contributed by atoms with van der Waals surface area (Å²) in [5, 5.41) is 7.57. The van der Waals surface area contributed by atoms with Crippen molar-refractivity contribution in [3.8, 4) is 11.4 Å². The standard InChI is InChI=1S/C19H19ClN6O3/c1-12-22-18(25-26(12)16-6-4-3-5-15(16)20)19(28)24-23-17(27)11-21-13-7-9-14(29-2)10-8-13/h3-10,21H,11H2,1-2H3,(H,23,27)(H,24,28). The fraction of sp³-hybridized carbons (Fsp3) is 0.158. The number of amides is 2. The number of aryl methyl sites for hydroxylation is 1. The number of benzene rings is 2. The lowest BCUT2D eigenvalue weighted by Crippen LogP contribution is -2.44. The van der Waals surface area contributed by atoms with E-state index in [2.05, 4.69) is 26.3 Å². The highest BCUT2D eigenvalue weighted by Crippen LogP contribution is 2.20. The van der Waals surface area contributed by atoms with Gasteiger partial charge in [0.25, 0.3) is 5.91 Å². The van der Waals surface area contributed by atoms with E-state index in [1.54, 1.807) is 62.6 Å². The van der Waals surface area contributed by atoms with Crippen molar-refractivity contribution in [2.75, 3.05) is 19.0 Å². The molecule has 0 unspecified atom stereocenters. The number of methoxy groups -OCH3 is 1. The van der Waals surface area contributed by atoms with Crippen LogP contribution in [0.4, 0.5) is 5.69 Å². The van der Waals surface area contributed by atoms with E-state index in [0.717, 1.165) is 5.69 Å². The Morgan fingerprint density at radius 2 is 1.83 bits per heavy atom. The zero-order chi connectivity index (χ0) is 20.8. The normalized spacial score (nSPS) is 10.3. The highest BCUT2D eigenvalue weighted by Gasteiger charge is 2.17. The van der Waals surface area contributed by atoms with Crippen LogP contribution < -0.4 is 20.9 Å². The number of carbonyl (C=O) groups excluding carboxylic acids is 2. The number of aromatic nitrogens is 3. The lowest BCUT2D eigenvalue weighted by atomic mass is 10.3. The largest absolute Gasteiger partial charge is 0.497 e. The third kappa shape index (κ3) is 5.02. The van der Waals surface area contributed by atoms with Crippen LogP contribution in [0.25, 0.3) is 5.69 Å². The molecule has 0 saturated carbocycles. The van der Waals surface area contributed by atoms with Gasteiger partial charge < -0.3 is 10.1 Å². The van der Waals surface area contributed by atoms with Crippen LogP contribution in [0.1, 0.15) is 16.4 Å². The number of hydrogen-bond donors (Lipinski definition) is 3. The Morgan fingerprint density at radius 3 is 2.52 bits per heavy atom. The third-order valence-electron chi connectivity index (χ3n) is 3.91.